The predicted molar refractivity (Wildman–Crippen MR) is 36.6 cm³/mol. The van der Waals surface area contributed by atoms with Crippen LogP contribution < -0.4 is 12.4 Å². The SMILES string of the molecule is CN(C)C[N+](C)(C)C.[Cl-]. The van der Waals surface area contributed by atoms with Gasteiger partial charge in [-0.3, -0.25) is 4.90 Å². The second-order valence-corrected chi connectivity index (χ2v) is 3.51. The molecule has 0 amide bonds. The van der Waals surface area contributed by atoms with Crippen LogP contribution in [0.5, 0.6) is 0 Å². The molecular weight excluding hydrogens is 136 g/mol. The van der Waals surface area contributed by atoms with Crippen LogP contribution >= 0.6 is 0 Å². The van der Waals surface area contributed by atoms with E-state index in [9.17, 15) is 0 Å². The van der Waals surface area contributed by atoms with Crippen molar-refractivity contribution in [2.24, 2.45) is 0 Å². The molecule has 58 valence electrons. The minimum Gasteiger partial charge on any atom is -1.00 e. The highest BCUT2D eigenvalue weighted by atomic mass is 35.5. The fourth-order valence-electron chi connectivity index (χ4n) is 0.849. The molecule has 3 heteroatoms. The van der Waals surface area contributed by atoms with Gasteiger partial charge in [0, 0.05) is 0 Å². The van der Waals surface area contributed by atoms with E-state index in [1.807, 2.05) is 0 Å². The van der Waals surface area contributed by atoms with E-state index in [4.69, 9.17) is 0 Å². The third kappa shape index (κ3) is 11.7. The van der Waals surface area contributed by atoms with E-state index in [0.717, 1.165) is 11.2 Å². The summed E-state index contributed by atoms with van der Waals surface area (Å²) in [6.07, 6.45) is 0. The van der Waals surface area contributed by atoms with Gasteiger partial charge in [-0.05, 0) is 14.1 Å². The number of nitrogens with zero attached hydrogens (tertiary/aromatic N) is 2. The van der Waals surface area contributed by atoms with Gasteiger partial charge in [-0.15, -0.1) is 0 Å². The molecule has 0 unspecified atom stereocenters. The molecular formula is C6H17ClN2. The van der Waals surface area contributed by atoms with E-state index < -0.39 is 0 Å². The normalized spacial score (nSPS) is 11.3. The van der Waals surface area contributed by atoms with Gasteiger partial charge < -0.3 is 16.9 Å². The summed E-state index contributed by atoms with van der Waals surface area (Å²) in [6.45, 7) is 1.10. The molecule has 0 heterocycles. The summed E-state index contributed by atoms with van der Waals surface area (Å²) in [7, 11) is 10.7. The summed E-state index contributed by atoms with van der Waals surface area (Å²) in [6, 6.07) is 0. The molecule has 0 aliphatic heterocycles. The monoisotopic (exact) mass is 152 g/mol. The van der Waals surface area contributed by atoms with Crippen molar-refractivity contribution in [3.05, 3.63) is 0 Å². The van der Waals surface area contributed by atoms with E-state index in [-0.39, 0.29) is 12.4 Å². The van der Waals surface area contributed by atoms with E-state index in [1.165, 1.54) is 0 Å². The molecule has 0 saturated heterocycles. The Hall–Kier alpha value is 0.210. The summed E-state index contributed by atoms with van der Waals surface area (Å²) in [4.78, 5) is 2.18. The predicted octanol–water partition coefficient (Wildman–Crippen LogP) is -2.78. The fraction of sp³-hybridized carbons (Fsp3) is 1.00. The zero-order valence-electron chi connectivity index (χ0n) is 6.98. The van der Waals surface area contributed by atoms with Gasteiger partial charge in [0.2, 0.25) is 0 Å². The summed E-state index contributed by atoms with van der Waals surface area (Å²) < 4.78 is 1.01. The first kappa shape index (κ1) is 11.9. The molecule has 0 fully saturated rings. The van der Waals surface area contributed by atoms with Gasteiger partial charge in [-0.1, -0.05) is 0 Å². The van der Waals surface area contributed by atoms with Gasteiger partial charge in [0.05, 0.1) is 21.1 Å². The average Bonchev–Trinajstić information content (AvgIpc) is 1.21. The first-order chi connectivity index (χ1) is 3.42. The smallest absolute Gasteiger partial charge is 0.133 e. The quantitative estimate of drug-likeness (QED) is 0.306. The Bertz CT molecular complexity index is 65.9. The molecule has 0 rings (SSSR count). The lowest BCUT2D eigenvalue weighted by molar-refractivity contribution is -0.880. The molecule has 9 heavy (non-hydrogen) atoms. The minimum atomic E-state index is 0. The summed E-state index contributed by atoms with van der Waals surface area (Å²) in [5.74, 6) is 0. The molecule has 0 atom stereocenters. The van der Waals surface area contributed by atoms with Crippen molar-refractivity contribution in [2.45, 2.75) is 0 Å². The Morgan fingerprint density at radius 3 is 1.44 bits per heavy atom. The Kier molecular flexibility index (Phi) is 5.43. The van der Waals surface area contributed by atoms with Crippen molar-refractivity contribution in [3.8, 4) is 0 Å². The molecule has 0 aromatic rings. The molecule has 0 spiro atoms. The lowest BCUT2D eigenvalue weighted by Gasteiger charge is -2.27. The number of halogens is 1. The van der Waals surface area contributed by atoms with Gasteiger partial charge in [0.15, 0.2) is 0 Å². The Labute approximate surface area is 64.4 Å². The van der Waals surface area contributed by atoms with Gasteiger partial charge in [0.25, 0.3) is 0 Å². The van der Waals surface area contributed by atoms with Crippen LogP contribution in [0.25, 0.3) is 0 Å². The zero-order valence-corrected chi connectivity index (χ0v) is 7.74. The van der Waals surface area contributed by atoms with E-state index in [1.54, 1.807) is 0 Å². The minimum absolute atomic E-state index is 0. The topological polar surface area (TPSA) is 3.24 Å². The van der Waals surface area contributed by atoms with Crippen LogP contribution in [0.3, 0.4) is 0 Å². The zero-order chi connectivity index (χ0) is 6.78. The maximum atomic E-state index is 2.18. The number of quaternary nitrogens is 1. The molecule has 0 radical (unpaired) electrons. The van der Waals surface area contributed by atoms with Crippen LogP contribution in [-0.4, -0.2) is 51.3 Å². The maximum absolute atomic E-state index is 2.18. The Balaban J connectivity index is 0. The number of rotatable bonds is 2. The third-order valence-corrected chi connectivity index (χ3v) is 0.707. The van der Waals surface area contributed by atoms with E-state index in [0.29, 0.717) is 0 Å². The highest BCUT2D eigenvalue weighted by molar-refractivity contribution is 4.23. The standard InChI is InChI=1S/C6H17N2.ClH/c1-7(2)6-8(3,4)5;/h6H2,1-5H3;1H/q+1;/p-1. The van der Waals surface area contributed by atoms with Crippen LogP contribution in [-0.2, 0) is 0 Å². The van der Waals surface area contributed by atoms with Crippen molar-refractivity contribution < 1.29 is 16.9 Å². The highest BCUT2D eigenvalue weighted by Gasteiger charge is 2.05. The van der Waals surface area contributed by atoms with Crippen LogP contribution in [0, 0.1) is 0 Å². The van der Waals surface area contributed by atoms with Crippen LogP contribution in [0.2, 0.25) is 0 Å². The first-order valence-corrected chi connectivity index (χ1v) is 2.87. The second-order valence-electron chi connectivity index (χ2n) is 3.51. The lowest BCUT2D eigenvalue weighted by atomic mass is 10.6. The average molecular weight is 153 g/mol. The molecule has 0 saturated carbocycles. The van der Waals surface area contributed by atoms with Gasteiger partial charge in [-0.25, -0.2) is 0 Å². The second kappa shape index (κ2) is 4.09. The maximum Gasteiger partial charge on any atom is 0.133 e. The van der Waals surface area contributed by atoms with Crippen LogP contribution in [0.4, 0.5) is 0 Å². The molecule has 0 aliphatic carbocycles. The highest BCUT2D eigenvalue weighted by Crippen LogP contribution is 1.89. The van der Waals surface area contributed by atoms with Crippen molar-refractivity contribution in [1.82, 2.24) is 4.90 Å². The molecule has 0 bridgehead atoms. The molecule has 0 aliphatic rings. The van der Waals surface area contributed by atoms with Gasteiger partial charge in [-0.2, -0.15) is 0 Å². The van der Waals surface area contributed by atoms with E-state index >= 15 is 0 Å². The van der Waals surface area contributed by atoms with Gasteiger partial charge >= 0.3 is 0 Å². The van der Waals surface area contributed by atoms with Crippen molar-refractivity contribution >= 4 is 0 Å². The first-order valence-electron chi connectivity index (χ1n) is 2.87. The van der Waals surface area contributed by atoms with Crippen molar-refractivity contribution in [2.75, 3.05) is 41.9 Å². The van der Waals surface area contributed by atoms with E-state index in [2.05, 4.69) is 40.1 Å². The van der Waals surface area contributed by atoms with Crippen molar-refractivity contribution in [3.63, 3.8) is 0 Å². The summed E-state index contributed by atoms with van der Waals surface area (Å²) in [5, 5.41) is 0. The molecule has 0 aromatic carbocycles. The molecule has 2 nitrogen and oxygen atoms in total. The largest absolute Gasteiger partial charge is 1.00 e. The number of hydrogen-bond donors (Lipinski definition) is 0. The molecule has 0 aromatic heterocycles. The Morgan fingerprint density at radius 1 is 1.11 bits per heavy atom. The lowest BCUT2D eigenvalue weighted by Crippen LogP contribution is -3.00. The Morgan fingerprint density at radius 2 is 1.44 bits per heavy atom. The van der Waals surface area contributed by atoms with Crippen LogP contribution in [0.15, 0.2) is 0 Å². The number of hydrogen-bond acceptors (Lipinski definition) is 1. The summed E-state index contributed by atoms with van der Waals surface area (Å²) in [5.41, 5.74) is 0. The third-order valence-electron chi connectivity index (χ3n) is 0.707. The van der Waals surface area contributed by atoms with Crippen molar-refractivity contribution in [1.29, 1.82) is 0 Å². The van der Waals surface area contributed by atoms with Gasteiger partial charge in [0.1, 0.15) is 6.67 Å². The van der Waals surface area contributed by atoms with Crippen LogP contribution in [0.1, 0.15) is 0 Å². The molecule has 0 N–H and O–H groups in total. The fourth-order valence-corrected chi connectivity index (χ4v) is 0.849. The summed E-state index contributed by atoms with van der Waals surface area (Å²) >= 11 is 0.